The predicted octanol–water partition coefficient (Wildman–Crippen LogP) is 4.39. The standard InChI is InChI=1S/C17H16Cl2N4O2/c18-12-5-4-11-13(23-8-7-20-10-23)9-14(22-17(11)16(12)19)21-6-2-1-3-15(24)25/h4-5,7-10H,1-3,6H2,(H,21,22)(H,24,25). The van der Waals surface area contributed by atoms with E-state index in [0.717, 1.165) is 17.5 Å². The molecule has 130 valence electrons. The van der Waals surface area contributed by atoms with Crippen LogP contribution in [0, 0.1) is 0 Å². The molecule has 0 aliphatic carbocycles. The van der Waals surface area contributed by atoms with Crippen molar-refractivity contribution >= 4 is 45.9 Å². The van der Waals surface area contributed by atoms with E-state index in [1.807, 2.05) is 22.9 Å². The third-order valence-corrected chi connectivity index (χ3v) is 4.55. The molecule has 2 aromatic heterocycles. The first-order valence-corrected chi connectivity index (χ1v) is 8.54. The minimum absolute atomic E-state index is 0.161. The summed E-state index contributed by atoms with van der Waals surface area (Å²) < 4.78 is 1.88. The molecule has 6 nitrogen and oxygen atoms in total. The van der Waals surface area contributed by atoms with E-state index in [2.05, 4.69) is 15.3 Å². The number of hydrogen-bond donors (Lipinski definition) is 2. The third kappa shape index (κ3) is 4.03. The Kier molecular flexibility index (Phi) is 5.40. The molecule has 2 heterocycles. The Labute approximate surface area is 154 Å². The van der Waals surface area contributed by atoms with Gasteiger partial charge in [0.1, 0.15) is 5.82 Å². The van der Waals surface area contributed by atoms with Crippen LogP contribution in [0.2, 0.25) is 10.0 Å². The topological polar surface area (TPSA) is 80.0 Å². The third-order valence-electron chi connectivity index (χ3n) is 3.76. The summed E-state index contributed by atoms with van der Waals surface area (Å²) in [7, 11) is 0. The van der Waals surface area contributed by atoms with E-state index in [1.54, 1.807) is 18.6 Å². The van der Waals surface area contributed by atoms with Gasteiger partial charge in [-0.05, 0) is 25.0 Å². The Morgan fingerprint density at radius 2 is 2.12 bits per heavy atom. The number of pyridine rings is 1. The number of aromatic nitrogens is 3. The Hall–Kier alpha value is -2.31. The van der Waals surface area contributed by atoms with Crippen molar-refractivity contribution < 1.29 is 9.90 Å². The van der Waals surface area contributed by atoms with Crippen molar-refractivity contribution in [2.75, 3.05) is 11.9 Å². The number of hydrogen-bond acceptors (Lipinski definition) is 4. The van der Waals surface area contributed by atoms with Crippen LogP contribution in [-0.4, -0.2) is 32.2 Å². The fourth-order valence-corrected chi connectivity index (χ4v) is 2.90. The fourth-order valence-electron chi connectivity index (χ4n) is 2.54. The van der Waals surface area contributed by atoms with E-state index in [4.69, 9.17) is 28.3 Å². The van der Waals surface area contributed by atoms with Gasteiger partial charge in [0.15, 0.2) is 0 Å². The van der Waals surface area contributed by atoms with E-state index >= 15 is 0 Å². The number of halogens is 2. The predicted molar refractivity (Wildman–Crippen MR) is 98.9 cm³/mol. The number of unbranched alkanes of at least 4 members (excludes halogenated alkanes) is 1. The number of imidazole rings is 1. The maximum Gasteiger partial charge on any atom is 0.303 e. The average molecular weight is 379 g/mol. The number of rotatable bonds is 7. The molecule has 25 heavy (non-hydrogen) atoms. The number of carboxylic acid groups (broad SMARTS) is 1. The van der Waals surface area contributed by atoms with Crippen LogP contribution >= 0.6 is 23.2 Å². The molecule has 3 rings (SSSR count). The Morgan fingerprint density at radius 1 is 1.28 bits per heavy atom. The number of carbonyl (C=O) groups is 1. The normalized spacial score (nSPS) is 11.0. The molecule has 0 atom stereocenters. The van der Waals surface area contributed by atoms with Gasteiger partial charge < -0.3 is 15.0 Å². The van der Waals surface area contributed by atoms with Gasteiger partial charge >= 0.3 is 5.97 Å². The van der Waals surface area contributed by atoms with E-state index in [9.17, 15) is 4.79 Å². The van der Waals surface area contributed by atoms with Gasteiger partial charge in [0.25, 0.3) is 0 Å². The van der Waals surface area contributed by atoms with Crippen molar-refractivity contribution in [3.05, 3.63) is 47.0 Å². The molecule has 0 aliphatic rings. The van der Waals surface area contributed by atoms with Crippen molar-refractivity contribution in [1.82, 2.24) is 14.5 Å². The zero-order valence-corrected chi connectivity index (χ0v) is 14.8. The number of benzene rings is 1. The lowest BCUT2D eigenvalue weighted by atomic mass is 10.1. The minimum Gasteiger partial charge on any atom is -0.481 e. The zero-order valence-electron chi connectivity index (χ0n) is 13.2. The average Bonchev–Trinajstić information content (AvgIpc) is 3.11. The Bertz CT molecular complexity index is 897. The molecule has 3 aromatic rings. The SMILES string of the molecule is O=C(O)CCCCNc1cc(-n2ccnc2)c2ccc(Cl)c(Cl)c2n1. The maximum absolute atomic E-state index is 10.6. The second-order valence-corrected chi connectivity index (χ2v) is 6.32. The van der Waals surface area contributed by atoms with Crippen LogP contribution in [0.25, 0.3) is 16.6 Å². The number of fused-ring (bicyclic) bond motifs is 1. The summed E-state index contributed by atoms with van der Waals surface area (Å²) in [6, 6.07) is 5.53. The molecule has 0 saturated carbocycles. The largest absolute Gasteiger partial charge is 0.481 e. The van der Waals surface area contributed by atoms with Gasteiger partial charge in [0.05, 0.1) is 27.6 Å². The summed E-state index contributed by atoms with van der Waals surface area (Å²) in [6.07, 6.45) is 6.74. The maximum atomic E-state index is 10.6. The quantitative estimate of drug-likeness (QED) is 0.595. The number of nitrogens with zero attached hydrogens (tertiary/aromatic N) is 3. The van der Waals surface area contributed by atoms with Crippen molar-refractivity contribution in [3.63, 3.8) is 0 Å². The fraction of sp³-hybridized carbons (Fsp3) is 0.235. The first kappa shape index (κ1) is 17.5. The molecule has 0 bridgehead atoms. The molecule has 2 N–H and O–H groups in total. The first-order valence-electron chi connectivity index (χ1n) is 7.79. The van der Waals surface area contributed by atoms with Crippen LogP contribution in [0.3, 0.4) is 0 Å². The summed E-state index contributed by atoms with van der Waals surface area (Å²) in [6.45, 7) is 0.618. The molecule has 0 saturated heterocycles. The highest BCUT2D eigenvalue weighted by molar-refractivity contribution is 6.45. The molecule has 0 radical (unpaired) electrons. The highest BCUT2D eigenvalue weighted by Gasteiger charge is 2.12. The summed E-state index contributed by atoms with van der Waals surface area (Å²) in [5.74, 6) is -0.136. The van der Waals surface area contributed by atoms with Crippen molar-refractivity contribution in [1.29, 1.82) is 0 Å². The van der Waals surface area contributed by atoms with Gasteiger partial charge in [-0.2, -0.15) is 0 Å². The molecule has 0 aliphatic heterocycles. The first-order chi connectivity index (χ1) is 12.1. The smallest absolute Gasteiger partial charge is 0.303 e. The van der Waals surface area contributed by atoms with Crippen molar-refractivity contribution in [2.24, 2.45) is 0 Å². The molecule has 8 heteroatoms. The van der Waals surface area contributed by atoms with Gasteiger partial charge in [-0.25, -0.2) is 9.97 Å². The Morgan fingerprint density at radius 3 is 2.84 bits per heavy atom. The Balaban J connectivity index is 1.91. The van der Waals surface area contributed by atoms with Crippen molar-refractivity contribution in [2.45, 2.75) is 19.3 Å². The second kappa shape index (κ2) is 7.72. The molecule has 0 fully saturated rings. The highest BCUT2D eigenvalue weighted by atomic mass is 35.5. The van der Waals surface area contributed by atoms with Gasteiger partial charge in [-0.3, -0.25) is 4.79 Å². The molecule has 1 aromatic carbocycles. The van der Waals surface area contributed by atoms with Gasteiger partial charge in [-0.15, -0.1) is 0 Å². The minimum atomic E-state index is -0.785. The summed E-state index contributed by atoms with van der Waals surface area (Å²) in [5.41, 5.74) is 1.49. The van der Waals surface area contributed by atoms with Crippen molar-refractivity contribution in [3.8, 4) is 5.69 Å². The van der Waals surface area contributed by atoms with E-state index in [0.29, 0.717) is 34.3 Å². The van der Waals surface area contributed by atoms with Gasteiger partial charge in [-0.1, -0.05) is 23.2 Å². The number of aliphatic carboxylic acids is 1. The number of nitrogens with one attached hydrogen (secondary N) is 1. The summed E-state index contributed by atoms with van der Waals surface area (Å²) in [4.78, 5) is 19.2. The summed E-state index contributed by atoms with van der Waals surface area (Å²) >= 11 is 12.5. The molecule has 0 amide bonds. The summed E-state index contributed by atoms with van der Waals surface area (Å²) in [5, 5.41) is 13.6. The lowest BCUT2D eigenvalue weighted by Gasteiger charge is -2.13. The molecular weight excluding hydrogens is 363 g/mol. The van der Waals surface area contributed by atoms with Crippen LogP contribution in [0.4, 0.5) is 5.82 Å². The molecular formula is C17H16Cl2N4O2. The number of anilines is 1. The van der Waals surface area contributed by atoms with Crippen LogP contribution in [0.1, 0.15) is 19.3 Å². The lowest BCUT2D eigenvalue weighted by molar-refractivity contribution is -0.137. The molecule has 0 spiro atoms. The zero-order chi connectivity index (χ0) is 17.8. The monoisotopic (exact) mass is 378 g/mol. The van der Waals surface area contributed by atoms with Crippen LogP contribution in [0.15, 0.2) is 36.9 Å². The van der Waals surface area contributed by atoms with Gasteiger partial charge in [0.2, 0.25) is 0 Å². The van der Waals surface area contributed by atoms with Crippen LogP contribution in [-0.2, 0) is 4.79 Å². The molecule has 0 unspecified atom stereocenters. The van der Waals surface area contributed by atoms with E-state index in [1.165, 1.54) is 0 Å². The van der Waals surface area contributed by atoms with E-state index in [-0.39, 0.29) is 6.42 Å². The van der Waals surface area contributed by atoms with Crippen LogP contribution < -0.4 is 5.32 Å². The second-order valence-electron chi connectivity index (χ2n) is 5.53. The van der Waals surface area contributed by atoms with E-state index < -0.39 is 5.97 Å². The van der Waals surface area contributed by atoms with Crippen LogP contribution in [0.5, 0.6) is 0 Å². The number of carboxylic acids is 1. The highest BCUT2D eigenvalue weighted by Crippen LogP contribution is 2.33. The van der Waals surface area contributed by atoms with Gasteiger partial charge in [0, 0.05) is 36.8 Å². The lowest BCUT2D eigenvalue weighted by Crippen LogP contribution is -2.06.